The summed E-state index contributed by atoms with van der Waals surface area (Å²) < 4.78 is 5.39. The second-order valence-electron chi connectivity index (χ2n) is 5.54. The van der Waals surface area contributed by atoms with Crippen LogP contribution in [-0.4, -0.2) is 11.4 Å². The third-order valence-electron chi connectivity index (χ3n) is 3.40. The molecule has 0 radical (unpaired) electrons. The van der Waals surface area contributed by atoms with Gasteiger partial charge in [-0.25, -0.2) is 0 Å². The number of rotatable bonds is 4. The molecule has 17 heavy (non-hydrogen) atoms. The van der Waals surface area contributed by atoms with Crippen LogP contribution in [0.2, 0.25) is 0 Å². The summed E-state index contributed by atoms with van der Waals surface area (Å²) >= 11 is 0. The molecule has 0 fully saturated rings. The van der Waals surface area contributed by atoms with Gasteiger partial charge in [0.1, 0.15) is 11.5 Å². The average molecular weight is 238 g/mol. The second-order valence-corrected chi connectivity index (χ2v) is 5.54. The van der Waals surface area contributed by atoms with Crippen molar-refractivity contribution in [1.29, 1.82) is 0 Å². The Morgan fingerprint density at radius 1 is 1.35 bits per heavy atom. The Balaban J connectivity index is 2.61. The fourth-order valence-electron chi connectivity index (χ4n) is 1.26. The number of aryl methyl sites for hydroxylation is 1. The first-order valence-corrected chi connectivity index (χ1v) is 5.77. The monoisotopic (exact) mass is 238 g/mol. The van der Waals surface area contributed by atoms with E-state index in [1.54, 1.807) is 0 Å². The molecule has 1 heterocycles. The van der Waals surface area contributed by atoms with Crippen molar-refractivity contribution in [1.82, 2.24) is 5.32 Å². The molecule has 4 nitrogen and oxygen atoms in total. The van der Waals surface area contributed by atoms with Crippen molar-refractivity contribution in [2.24, 2.45) is 11.1 Å². The van der Waals surface area contributed by atoms with E-state index >= 15 is 0 Å². The molecule has 1 rings (SSSR count). The van der Waals surface area contributed by atoms with Crippen molar-refractivity contribution in [3.8, 4) is 0 Å². The van der Waals surface area contributed by atoms with Crippen LogP contribution >= 0.6 is 0 Å². The number of hydrogen-bond donors (Lipinski definition) is 2. The maximum atomic E-state index is 12.1. The molecule has 0 aromatic carbocycles. The Morgan fingerprint density at radius 2 is 1.94 bits per heavy atom. The van der Waals surface area contributed by atoms with Gasteiger partial charge in [-0.15, -0.1) is 0 Å². The summed E-state index contributed by atoms with van der Waals surface area (Å²) in [7, 11) is 0. The first kappa shape index (κ1) is 13.8. The van der Waals surface area contributed by atoms with Crippen LogP contribution in [0.15, 0.2) is 16.5 Å². The van der Waals surface area contributed by atoms with Gasteiger partial charge in [-0.3, -0.25) is 4.79 Å². The number of nitrogens with two attached hydrogens (primary N) is 1. The van der Waals surface area contributed by atoms with Crippen LogP contribution in [0.4, 0.5) is 0 Å². The van der Waals surface area contributed by atoms with Gasteiger partial charge in [0.05, 0.1) is 12.0 Å². The molecule has 0 atom stereocenters. The van der Waals surface area contributed by atoms with Crippen molar-refractivity contribution in [3.05, 3.63) is 23.7 Å². The minimum atomic E-state index is -0.630. The maximum Gasteiger partial charge on any atom is 0.227 e. The quantitative estimate of drug-likeness (QED) is 0.842. The van der Waals surface area contributed by atoms with Crippen molar-refractivity contribution < 1.29 is 9.21 Å². The molecule has 96 valence electrons. The van der Waals surface area contributed by atoms with Crippen molar-refractivity contribution in [2.75, 3.05) is 0 Å². The zero-order valence-electron chi connectivity index (χ0n) is 11.3. The lowest BCUT2D eigenvalue weighted by Gasteiger charge is -2.36. The van der Waals surface area contributed by atoms with E-state index in [4.69, 9.17) is 10.2 Å². The first-order valence-electron chi connectivity index (χ1n) is 5.77. The molecule has 0 saturated carbocycles. The summed E-state index contributed by atoms with van der Waals surface area (Å²) in [4.78, 5) is 12.1. The fourth-order valence-corrected chi connectivity index (χ4v) is 1.26. The zero-order valence-corrected chi connectivity index (χ0v) is 11.3. The van der Waals surface area contributed by atoms with E-state index in [0.717, 1.165) is 11.5 Å². The van der Waals surface area contributed by atoms with E-state index < -0.39 is 11.0 Å². The van der Waals surface area contributed by atoms with Gasteiger partial charge in [0, 0.05) is 5.54 Å². The molecule has 0 spiro atoms. The van der Waals surface area contributed by atoms with Gasteiger partial charge in [0.2, 0.25) is 5.91 Å². The summed E-state index contributed by atoms with van der Waals surface area (Å²) in [6, 6.07) is 3.73. The molecule has 1 aromatic rings. The predicted molar refractivity (Wildman–Crippen MR) is 67.3 cm³/mol. The Kier molecular flexibility index (Phi) is 3.67. The SMILES string of the molecule is Cc1ccc(CNC(=O)C(C)(C)C(C)(C)N)o1. The molecular weight excluding hydrogens is 216 g/mol. The van der Waals surface area contributed by atoms with Crippen molar-refractivity contribution in [3.63, 3.8) is 0 Å². The summed E-state index contributed by atoms with van der Waals surface area (Å²) in [5.74, 6) is 1.52. The summed E-state index contributed by atoms with van der Waals surface area (Å²) in [6.07, 6.45) is 0. The number of carbonyl (C=O) groups excluding carboxylic acids is 1. The average Bonchev–Trinajstić information content (AvgIpc) is 2.58. The van der Waals surface area contributed by atoms with Gasteiger partial charge in [0.25, 0.3) is 0 Å². The molecule has 4 heteroatoms. The van der Waals surface area contributed by atoms with Crippen LogP contribution in [0.3, 0.4) is 0 Å². The summed E-state index contributed by atoms with van der Waals surface area (Å²) in [5.41, 5.74) is 4.80. The van der Waals surface area contributed by atoms with E-state index in [9.17, 15) is 4.79 Å². The molecule has 1 amide bonds. The van der Waals surface area contributed by atoms with Crippen molar-refractivity contribution in [2.45, 2.75) is 46.7 Å². The van der Waals surface area contributed by atoms with Crippen molar-refractivity contribution >= 4 is 5.91 Å². The highest BCUT2D eigenvalue weighted by molar-refractivity contribution is 5.83. The van der Waals surface area contributed by atoms with E-state index in [1.165, 1.54) is 0 Å². The van der Waals surface area contributed by atoms with Crippen LogP contribution in [0.5, 0.6) is 0 Å². The highest BCUT2D eigenvalue weighted by Crippen LogP contribution is 2.28. The highest BCUT2D eigenvalue weighted by Gasteiger charge is 2.40. The molecule has 0 aliphatic rings. The van der Waals surface area contributed by atoms with Gasteiger partial charge in [-0.2, -0.15) is 0 Å². The van der Waals surface area contributed by atoms with Crippen LogP contribution in [-0.2, 0) is 11.3 Å². The minimum Gasteiger partial charge on any atom is -0.465 e. The first-order chi connectivity index (χ1) is 7.64. The summed E-state index contributed by atoms with van der Waals surface area (Å²) in [6.45, 7) is 9.66. The Labute approximate surface area is 103 Å². The van der Waals surface area contributed by atoms with Gasteiger partial charge in [-0.1, -0.05) is 0 Å². The minimum absolute atomic E-state index is 0.0703. The van der Waals surface area contributed by atoms with Gasteiger partial charge >= 0.3 is 0 Å². The molecule has 0 aliphatic carbocycles. The largest absolute Gasteiger partial charge is 0.465 e. The molecule has 1 aromatic heterocycles. The van der Waals surface area contributed by atoms with E-state index in [-0.39, 0.29) is 5.91 Å². The standard InChI is InChI=1S/C13H22N2O2/c1-9-6-7-10(17-9)8-15-11(16)12(2,3)13(4,5)14/h6-7H,8,14H2,1-5H3,(H,15,16). The molecule has 0 saturated heterocycles. The molecular formula is C13H22N2O2. The Morgan fingerprint density at radius 3 is 2.35 bits per heavy atom. The van der Waals surface area contributed by atoms with Gasteiger partial charge < -0.3 is 15.5 Å². The highest BCUT2D eigenvalue weighted by atomic mass is 16.3. The van der Waals surface area contributed by atoms with Gasteiger partial charge in [0.15, 0.2) is 0 Å². The third-order valence-corrected chi connectivity index (χ3v) is 3.40. The van der Waals surface area contributed by atoms with E-state index in [0.29, 0.717) is 6.54 Å². The Hall–Kier alpha value is -1.29. The molecule has 0 unspecified atom stereocenters. The number of nitrogens with one attached hydrogen (secondary N) is 1. The normalized spacial score (nSPS) is 12.6. The number of furan rings is 1. The van der Waals surface area contributed by atoms with E-state index in [1.807, 2.05) is 46.8 Å². The topological polar surface area (TPSA) is 68.3 Å². The van der Waals surface area contributed by atoms with Crippen LogP contribution in [0.1, 0.15) is 39.2 Å². The van der Waals surface area contributed by atoms with Gasteiger partial charge in [-0.05, 0) is 46.8 Å². The molecule has 0 aliphatic heterocycles. The van der Waals surface area contributed by atoms with Crippen LogP contribution < -0.4 is 11.1 Å². The lowest BCUT2D eigenvalue weighted by atomic mass is 9.74. The number of amides is 1. The molecule has 3 N–H and O–H groups in total. The number of carbonyl (C=O) groups is 1. The smallest absolute Gasteiger partial charge is 0.227 e. The lowest BCUT2D eigenvalue weighted by molar-refractivity contribution is -0.132. The second kappa shape index (κ2) is 4.53. The Bertz CT molecular complexity index is 400. The zero-order chi connectivity index (χ0) is 13.3. The number of hydrogen-bond acceptors (Lipinski definition) is 3. The van der Waals surface area contributed by atoms with Crippen LogP contribution in [0.25, 0.3) is 0 Å². The van der Waals surface area contributed by atoms with Crippen LogP contribution in [0, 0.1) is 12.3 Å². The predicted octanol–water partition coefficient (Wildman–Crippen LogP) is 1.97. The lowest BCUT2D eigenvalue weighted by Crippen LogP contribution is -2.55. The van der Waals surface area contributed by atoms with E-state index in [2.05, 4.69) is 5.32 Å². The third kappa shape index (κ3) is 3.09. The fraction of sp³-hybridized carbons (Fsp3) is 0.615. The maximum absolute atomic E-state index is 12.1. The molecule has 0 bridgehead atoms. The summed E-state index contributed by atoms with van der Waals surface area (Å²) in [5, 5.41) is 2.85.